The molecule has 4 heteroatoms. The van der Waals surface area contributed by atoms with Crippen molar-refractivity contribution >= 4 is 5.69 Å². The van der Waals surface area contributed by atoms with Crippen molar-refractivity contribution in [3.63, 3.8) is 0 Å². The molecule has 138 valence electrons. The van der Waals surface area contributed by atoms with E-state index in [9.17, 15) is 8.78 Å². The van der Waals surface area contributed by atoms with Crippen LogP contribution in [0.5, 0.6) is 0 Å². The number of halogens is 2. The molecule has 1 aliphatic carbocycles. The second kappa shape index (κ2) is 7.49. The Hall–Kier alpha value is -2.72. The molecule has 1 atom stereocenters. The van der Waals surface area contributed by atoms with Crippen molar-refractivity contribution in [2.45, 2.75) is 32.0 Å². The summed E-state index contributed by atoms with van der Waals surface area (Å²) in [5.74, 6) is -0.462. The molecule has 2 N–H and O–H groups in total. The third kappa shape index (κ3) is 4.01. The quantitative estimate of drug-likeness (QED) is 0.628. The number of nitrogen functional groups attached to an aromatic ring is 1. The van der Waals surface area contributed by atoms with E-state index in [1.54, 1.807) is 0 Å². The second-order valence-electron chi connectivity index (χ2n) is 7.17. The molecule has 0 aromatic heterocycles. The number of benzene rings is 3. The van der Waals surface area contributed by atoms with Crippen molar-refractivity contribution in [1.29, 1.82) is 0 Å². The van der Waals surface area contributed by atoms with Gasteiger partial charge in [-0.15, -0.1) is 0 Å². The molecule has 1 aliphatic rings. The molecule has 3 aromatic carbocycles. The number of nitrogens with two attached hydrogens (primary N) is 1. The van der Waals surface area contributed by atoms with Crippen LogP contribution in [-0.2, 0) is 19.5 Å². The molecule has 27 heavy (non-hydrogen) atoms. The highest BCUT2D eigenvalue weighted by atomic mass is 19.1. The van der Waals surface area contributed by atoms with E-state index in [0.29, 0.717) is 13.1 Å². The summed E-state index contributed by atoms with van der Waals surface area (Å²) < 4.78 is 26.6. The van der Waals surface area contributed by atoms with Gasteiger partial charge in [-0.25, -0.2) is 8.78 Å². The van der Waals surface area contributed by atoms with Crippen LogP contribution in [0.1, 0.15) is 34.7 Å². The van der Waals surface area contributed by atoms with Gasteiger partial charge in [-0.05, 0) is 71.5 Å². The summed E-state index contributed by atoms with van der Waals surface area (Å²) in [6.45, 7) is 1.40. The fourth-order valence-electron chi connectivity index (χ4n) is 3.92. The van der Waals surface area contributed by atoms with Crippen LogP contribution < -0.4 is 5.73 Å². The number of anilines is 1. The van der Waals surface area contributed by atoms with Gasteiger partial charge in [-0.1, -0.05) is 30.3 Å². The zero-order valence-electron chi connectivity index (χ0n) is 15.0. The van der Waals surface area contributed by atoms with Gasteiger partial charge in [0.25, 0.3) is 0 Å². The standard InChI is InChI=1S/C23H22F2N2/c24-19-6-1-16(2-7-19)14-27(15-17-3-8-20(25)9-4-17)23-12-5-18-13-21(26)10-11-22(18)23/h1-4,6-11,13,23H,5,12,14-15,26H2. The van der Waals surface area contributed by atoms with Gasteiger partial charge in [0, 0.05) is 24.8 Å². The molecule has 0 aliphatic heterocycles. The number of hydrogen-bond acceptors (Lipinski definition) is 2. The minimum Gasteiger partial charge on any atom is -0.399 e. The van der Waals surface area contributed by atoms with Crippen molar-refractivity contribution < 1.29 is 8.78 Å². The van der Waals surface area contributed by atoms with E-state index < -0.39 is 0 Å². The van der Waals surface area contributed by atoms with Crippen molar-refractivity contribution in [3.8, 4) is 0 Å². The smallest absolute Gasteiger partial charge is 0.123 e. The first-order chi connectivity index (χ1) is 13.1. The third-order valence-electron chi connectivity index (χ3n) is 5.25. The topological polar surface area (TPSA) is 29.3 Å². The highest BCUT2D eigenvalue weighted by Crippen LogP contribution is 2.38. The molecule has 0 spiro atoms. The molecular weight excluding hydrogens is 342 g/mol. The number of aryl methyl sites for hydroxylation is 1. The first kappa shape index (κ1) is 17.7. The number of rotatable bonds is 5. The monoisotopic (exact) mass is 364 g/mol. The lowest BCUT2D eigenvalue weighted by atomic mass is 10.0. The normalized spacial score (nSPS) is 15.9. The fourth-order valence-corrected chi connectivity index (χ4v) is 3.92. The summed E-state index contributed by atoms with van der Waals surface area (Å²) in [5, 5.41) is 0. The Morgan fingerprint density at radius 3 is 1.93 bits per heavy atom. The van der Waals surface area contributed by atoms with Crippen LogP contribution in [-0.4, -0.2) is 4.90 Å². The zero-order valence-corrected chi connectivity index (χ0v) is 15.0. The van der Waals surface area contributed by atoms with Crippen molar-refractivity contribution in [2.75, 3.05) is 5.73 Å². The van der Waals surface area contributed by atoms with E-state index in [1.165, 1.54) is 35.4 Å². The minimum atomic E-state index is -0.231. The van der Waals surface area contributed by atoms with Gasteiger partial charge in [0.15, 0.2) is 0 Å². The van der Waals surface area contributed by atoms with Crippen LogP contribution in [0.3, 0.4) is 0 Å². The lowest BCUT2D eigenvalue weighted by Crippen LogP contribution is -2.26. The average Bonchev–Trinajstić information content (AvgIpc) is 3.07. The summed E-state index contributed by atoms with van der Waals surface area (Å²) in [6, 6.07) is 19.7. The van der Waals surface area contributed by atoms with Crippen molar-refractivity contribution in [1.82, 2.24) is 4.90 Å². The Morgan fingerprint density at radius 1 is 0.815 bits per heavy atom. The predicted octanol–water partition coefficient (Wildman–Crippen LogP) is 5.24. The van der Waals surface area contributed by atoms with E-state index in [4.69, 9.17) is 5.73 Å². The number of hydrogen-bond donors (Lipinski definition) is 1. The van der Waals surface area contributed by atoms with Crippen LogP contribution >= 0.6 is 0 Å². The molecule has 0 bridgehead atoms. The van der Waals surface area contributed by atoms with Gasteiger partial charge in [-0.3, -0.25) is 4.90 Å². The number of fused-ring (bicyclic) bond motifs is 1. The molecule has 4 rings (SSSR count). The summed E-state index contributed by atoms with van der Waals surface area (Å²) in [4.78, 5) is 2.38. The SMILES string of the molecule is Nc1ccc2c(c1)CCC2N(Cc1ccc(F)cc1)Cc1ccc(F)cc1. The Kier molecular flexibility index (Phi) is 4.90. The summed E-state index contributed by atoms with van der Waals surface area (Å²) >= 11 is 0. The molecule has 0 saturated heterocycles. The Bertz CT molecular complexity index is 873. The predicted molar refractivity (Wildman–Crippen MR) is 104 cm³/mol. The zero-order chi connectivity index (χ0) is 18.8. The van der Waals surface area contributed by atoms with E-state index in [0.717, 1.165) is 29.7 Å². The van der Waals surface area contributed by atoms with Gasteiger partial charge >= 0.3 is 0 Å². The van der Waals surface area contributed by atoms with E-state index in [1.807, 2.05) is 30.3 Å². The largest absolute Gasteiger partial charge is 0.399 e. The van der Waals surface area contributed by atoms with Gasteiger partial charge < -0.3 is 5.73 Å². The molecule has 0 radical (unpaired) electrons. The van der Waals surface area contributed by atoms with E-state index in [-0.39, 0.29) is 17.7 Å². The molecule has 0 amide bonds. The molecule has 2 nitrogen and oxygen atoms in total. The average molecular weight is 364 g/mol. The molecule has 1 unspecified atom stereocenters. The third-order valence-corrected chi connectivity index (χ3v) is 5.25. The van der Waals surface area contributed by atoms with Gasteiger partial charge in [0.1, 0.15) is 11.6 Å². The van der Waals surface area contributed by atoms with Crippen LogP contribution in [0.15, 0.2) is 66.7 Å². The number of nitrogens with zero attached hydrogens (tertiary/aromatic N) is 1. The van der Waals surface area contributed by atoms with Crippen molar-refractivity contribution in [2.24, 2.45) is 0 Å². The second-order valence-corrected chi connectivity index (χ2v) is 7.17. The van der Waals surface area contributed by atoms with Gasteiger partial charge in [-0.2, -0.15) is 0 Å². The van der Waals surface area contributed by atoms with Crippen LogP contribution in [0.2, 0.25) is 0 Å². The van der Waals surface area contributed by atoms with Gasteiger partial charge in [0.2, 0.25) is 0 Å². The first-order valence-corrected chi connectivity index (χ1v) is 9.20. The van der Waals surface area contributed by atoms with E-state index >= 15 is 0 Å². The first-order valence-electron chi connectivity index (χ1n) is 9.20. The molecule has 0 heterocycles. The highest BCUT2D eigenvalue weighted by Gasteiger charge is 2.28. The van der Waals surface area contributed by atoms with E-state index in [2.05, 4.69) is 17.0 Å². The lowest BCUT2D eigenvalue weighted by Gasteiger charge is -2.30. The maximum absolute atomic E-state index is 13.3. The molecule has 3 aromatic rings. The van der Waals surface area contributed by atoms with Crippen LogP contribution in [0.25, 0.3) is 0 Å². The lowest BCUT2D eigenvalue weighted by molar-refractivity contribution is 0.178. The molecular formula is C23H22F2N2. The maximum Gasteiger partial charge on any atom is 0.123 e. The Balaban J connectivity index is 1.63. The maximum atomic E-state index is 13.3. The van der Waals surface area contributed by atoms with Crippen molar-refractivity contribution in [3.05, 3.63) is 101 Å². The van der Waals surface area contributed by atoms with Gasteiger partial charge in [0.05, 0.1) is 0 Å². The highest BCUT2D eigenvalue weighted by molar-refractivity contribution is 5.47. The Morgan fingerprint density at radius 2 is 1.37 bits per heavy atom. The Labute approximate surface area is 158 Å². The van der Waals surface area contributed by atoms with Crippen LogP contribution in [0, 0.1) is 11.6 Å². The fraction of sp³-hybridized carbons (Fsp3) is 0.217. The van der Waals surface area contributed by atoms with Crippen LogP contribution in [0.4, 0.5) is 14.5 Å². The summed E-state index contributed by atoms with van der Waals surface area (Å²) in [5.41, 5.74) is 11.4. The minimum absolute atomic E-state index is 0.231. The molecule has 0 saturated carbocycles. The summed E-state index contributed by atoms with van der Waals surface area (Å²) in [6.07, 6.45) is 2.01. The summed E-state index contributed by atoms with van der Waals surface area (Å²) in [7, 11) is 0. The molecule has 0 fully saturated rings.